The van der Waals surface area contributed by atoms with Gasteiger partial charge in [0.05, 0.1) is 0 Å². The maximum atomic E-state index is 12.8. The Morgan fingerprint density at radius 2 is 1.84 bits per heavy atom. The van der Waals surface area contributed by atoms with Crippen molar-refractivity contribution in [3.05, 3.63) is 42.0 Å². The predicted molar refractivity (Wildman–Crippen MR) is 123 cm³/mol. The van der Waals surface area contributed by atoms with Crippen LogP contribution in [-0.2, 0) is 14.3 Å². The molecule has 0 aromatic heterocycles. The van der Waals surface area contributed by atoms with E-state index in [9.17, 15) is 9.59 Å². The number of allylic oxidation sites excluding steroid dienone is 1. The molecule has 172 valence electrons. The van der Waals surface area contributed by atoms with Gasteiger partial charge in [0.1, 0.15) is 11.4 Å². The Bertz CT molecular complexity index is 905. The fraction of sp³-hybridized carbons (Fsp3) is 0.643. The van der Waals surface area contributed by atoms with Gasteiger partial charge < -0.3 is 9.47 Å². The molecule has 0 spiro atoms. The molecule has 0 amide bonds. The summed E-state index contributed by atoms with van der Waals surface area (Å²) >= 11 is 0. The summed E-state index contributed by atoms with van der Waals surface area (Å²) in [4.78, 5) is 24.8. The van der Waals surface area contributed by atoms with Gasteiger partial charge in [-0.1, -0.05) is 30.7 Å². The molecule has 5 rings (SSSR count). The van der Waals surface area contributed by atoms with Crippen molar-refractivity contribution in [2.75, 3.05) is 6.61 Å². The van der Waals surface area contributed by atoms with E-state index in [0.29, 0.717) is 35.2 Å². The van der Waals surface area contributed by atoms with E-state index in [2.05, 4.69) is 13.8 Å². The molecular formula is C28H36O4. The summed E-state index contributed by atoms with van der Waals surface area (Å²) in [6, 6.07) is 9.46. The molecule has 0 aliphatic heterocycles. The van der Waals surface area contributed by atoms with Gasteiger partial charge in [0.2, 0.25) is 0 Å². The van der Waals surface area contributed by atoms with E-state index in [1.165, 1.54) is 18.4 Å². The molecule has 1 aromatic rings. The Balaban J connectivity index is 1.31. The monoisotopic (exact) mass is 436 g/mol. The minimum Gasteiger partial charge on any atom is -0.482 e. The maximum absolute atomic E-state index is 12.8. The van der Waals surface area contributed by atoms with Crippen molar-refractivity contribution >= 4 is 11.8 Å². The summed E-state index contributed by atoms with van der Waals surface area (Å²) in [6.07, 6.45) is 11.5. The summed E-state index contributed by atoms with van der Waals surface area (Å²) in [7, 11) is 0. The van der Waals surface area contributed by atoms with Crippen molar-refractivity contribution in [3.63, 3.8) is 0 Å². The van der Waals surface area contributed by atoms with E-state index in [1.807, 2.05) is 36.4 Å². The van der Waals surface area contributed by atoms with Crippen LogP contribution in [-0.4, -0.2) is 24.0 Å². The van der Waals surface area contributed by atoms with Crippen molar-refractivity contribution in [1.82, 2.24) is 0 Å². The number of rotatable bonds is 5. The third-order valence-electron chi connectivity index (χ3n) is 9.56. The Kier molecular flexibility index (Phi) is 5.67. The SMILES string of the molecule is CC[C@]12CCC3C4CCC(=O)C=C4CCC3C1CC[C@]2(C)OC(=O)COc1ccccc1. The van der Waals surface area contributed by atoms with Crippen molar-refractivity contribution in [2.24, 2.45) is 29.1 Å². The van der Waals surface area contributed by atoms with Crippen LogP contribution in [0.15, 0.2) is 42.0 Å². The minimum absolute atomic E-state index is 0.0413. The number of ketones is 1. The average molecular weight is 437 g/mol. The van der Waals surface area contributed by atoms with Crippen LogP contribution in [0.3, 0.4) is 0 Å². The first-order chi connectivity index (χ1) is 15.5. The highest BCUT2D eigenvalue weighted by Gasteiger charge is 2.64. The molecule has 3 fully saturated rings. The molecule has 4 unspecified atom stereocenters. The molecule has 4 heteroatoms. The van der Waals surface area contributed by atoms with Crippen LogP contribution in [0.1, 0.15) is 71.6 Å². The van der Waals surface area contributed by atoms with Crippen LogP contribution < -0.4 is 4.74 Å². The largest absolute Gasteiger partial charge is 0.482 e. The summed E-state index contributed by atoms with van der Waals surface area (Å²) in [5, 5.41) is 0. The fourth-order valence-electron chi connectivity index (χ4n) is 8.13. The second-order valence-corrected chi connectivity index (χ2v) is 10.7. The van der Waals surface area contributed by atoms with Gasteiger partial charge >= 0.3 is 5.97 Å². The predicted octanol–water partition coefficient (Wildman–Crippen LogP) is 5.90. The normalized spacial score (nSPS) is 38.2. The summed E-state index contributed by atoms with van der Waals surface area (Å²) in [5.74, 6) is 3.38. The zero-order valence-electron chi connectivity index (χ0n) is 19.5. The summed E-state index contributed by atoms with van der Waals surface area (Å²) < 4.78 is 11.9. The minimum atomic E-state index is -0.423. The molecule has 6 atom stereocenters. The Morgan fingerprint density at radius 3 is 2.62 bits per heavy atom. The highest BCUT2D eigenvalue weighted by atomic mass is 16.6. The second-order valence-electron chi connectivity index (χ2n) is 10.7. The Labute approximate surface area is 191 Å². The molecule has 3 saturated carbocycles. The molecule has 32 heavy (non-hydrogen) atoms. The third-order valence-corrected chi connectivity index (χ3v) is 9.56. The lowest BCUT2D eigenvalue weighted by Crippen LogP contribution is -2.54. The van der Waals surface area contributed by atoms with Gasteiger partial charge in [0, 0.05) is 11.8 Å². The number of benzene rings is 1. The Hall–Kier alpha value is -2.10. The quantitative estimate of drug-likeness (QED) is 0.539. The van der Waals surface area contributed by atoms with Gasteiger partial charge in [0.15, 0.2) is 12.4 Å². The van der Waals surface area contributed by atoms with Crippen LogP contribution in [0.2, 0.25) is 0 Å². The van der Waals surface area contributed by atoms with E-state index < -0.39 is 5.60 Å². The van der Waals surface area contributed by atoms with Crippen molar-refractivity contribution in [2.45, 2.75) is 77.2 Å². The molecule has 1 aromatic carbocycles. The standard InChI is InChI=1S/C28H36O4/c1-3-28-16-13-23-22-12-10-20(29)17-19(22)9-11-24(23)25(28)14-15-27(28,2)32-26(30)18-31-21-7-5-4-6-8-21/h4-8,17,22-25H,3,9-16,18H2,1-2H3/t22?,23?,24?,25?,27-,28-/m0/s1. The molecule has 0 heterocycles. The lowest BCUT2D eigenvalue weighted by atomic mass is 9.49. The van der Waals surface area contributed by atoms with Crippen LogP contribution in [0, 0.1) is 29.1 Å². The van der Waals surface area contributed by atoms with Gasteiger partial charge in [-0.15, -0.1) is 0 Å². The second kappa shape index (κ2) is 8.35. The van der Waals surface area contributed by atoms with Gasteiger partial charge in [0.25, 0.3) is 0 Å². The molecular weight excluding hydrogens is 400 g/mol. The van der Waals surface area contributed by atoms with Crippen molar-refractivity contribution < 1.29 is 19.1 Å². The van der Waals surface area contributed by atoms with E-state index in [0.717, 1.165) is 44.9 Å². The number of fused-ring (bicyclic) bond motifs is 5. The van der Waals surface area contributed by atoms with Gasteiger partial charge in [-0.2, -0.15) is 0 Å². The number of hydrogen-bond donors (Lipinski definition) is 0. The van der Waals surface area contributed by atoms with Gasteiger partial charge in [-0.25, -0.2) is 4.79 Å². The zero-order valence-corrected chi connectivity index (χ0v) is 19.5. The molecule has 4 aliphatic carbocycles. The third kappa shape index (κ3) is 3.50. The maximum Gasteiger partial charge on any atom is 0.344 e. The number of ether oxygens (including phenoxy) is 2. The van der Waals surface area contributed by atoms with Crippen LogP contribution in [0.4, 0.5) is 0 Å². The number of carbonyl (C=O) groups excluding carboxylic acids is 2. The molecule has 0 N–H and O–H groups in total. The zero-order chi connectivity index (χ0) is 22.3. The van der Waals surface area contributed by atoms with Crippen molar-refractivity contribution in [1.29, 1.82) is 0 Å². The van der Waals surface area contributed by atoms with E-state index in [1.54, 1.807) is 0 Å². The van der Waals surface area contributed by atoms with Gasteiger partial charge in [-0.3, -0.25) is 4.79 Å². The highest BCUT2D eigenvalue weighted by molar-refractivity contribution is 5.91. The van der Waals surface area contributed by atoms with E-state index in [-0.39, 0.29) is 18.0 Å². The average Bonchev–Trinajstić information content (AvgIpc) is 3.10. The van der Waals surface area contributed by atoms with E-state index >= 15 is 0 Å². The molecule has 4 nitrogen and oxygen atoms in total. The Morgan fingerprint density at radius 1 is 1.03 bits per heavy atom. The molecule has 0 bridgehead atoms. The lowest BCUT2D eigenvalue weighted by molar-refractivity contribution is -0.184. The van der Waals surface area contributed by atoms with Crippen LogP contribution in [0.5, 0.6) is 5.75 Å². The van der Waals surface area contributed by atoms with E-state index in [4.69, 9.17) is 9.47 Å². The first-order valence-electron chi connectivity index (χ1n) is 12.6. The summed E-state index contributed by atoms with van der Waals surface area (Å²) in [6.45, 7) is 4.43. The number of carbonyl (C=O) groups is 2. The van der Waals surface area contributed by atoms with Crippen LogP contribution >= 0.6 is 0 Å². The number of hydrogen-bond acceptors (Lipinski definition) is 4. The number of esters is 1. The topological polar surface area (TPSA) is 52.6 Å². The molecule has 0 radical (unpaired) electrons. The van der Waals surface area contributed by atoms with Gasteiger partial charge in [-0.05, 0) is 100 Å². The summed E-state index contributed by atoms with van der Waals surface area (Å²) in [5.41, 5.74) is 1.06. The van der Waals surface area contributed by atoms with Crippen molar-refractivity contribution in [3.8, 4) is 5.75 Å². The molecule has 0 saturated heterocycles. The highest BCUT2D eigenvalue weighted by Crippen LogP contribution is 2.67. The smallest absolute Gasteiger partial charge is 0.344 e. The first-order valence-corrected chi connectivity index (χ1v) is 12.6. The van der Waals surface area contributed by atoms with Crippen LogP contribution in [0.25, 0.3) is 0 Å². The lowest BCUT2D eigenvalue weighted by Gasteiger charge is -2.57. The fourth-order valence-corrected chi connectivity index (χ4v) is 8.13. The number of para-hydroxylation sites is 1. The first kappa shape index (κ1) is 21.7. The molecule has 4 aliphatic rings.